The summed E-state index contributed by atoms with van der Waals surface area (Å²) in [4.78, 5) is 10.7. The molecule has 0 saturated heterocycles. The Morgan fingerprint density at radius 3 is 2.56 bits per heavy atom. The molecule has 0 unspecified atom stereocenters. The maximum absolute atomic E-state index is 6.34. The standard InChI is InChI=1S/C20H23N5/c1-14-9-10-15(2)17(11-14)24-19-18(21)20(23-13-22-19)25(3)12-16-7-5-4-6-8-16/h4-11,13H,12,21H2,1-3H3,(H,22,23,24). The van der Waals surface area contributed by atoms with Crippen LogP contribution < -0.4 is 16.0 Å². The zero-order valence-electron chi connectivity index (χ0n) is 14.8. The third-order valence-corrected chi connectivity index (χ3v) is 4.13. The average Bonchev–Trinajstić information content (AvgIpc) is 2.60. The van der Waals surface area contributed by atoms with Crippen LogP contribution in [0.1, 0.15) is 16.7 Å². The monoisotopic (exact) mass is 333 g/mol. The van der Waals surface area contributed by atoms with Gasteiger partial charge in [-0.3, -0.25) is 0 Å². The highest BCUT2D eigenvalue weighted by Gasteiger charge is 2.13. The number of rotatable bonds is 5. The van der Waals surface area contributed by atoms with E-state index in [9.17, 15) is 0 Å². The van der Waals surface area contributed by atoms with E-state index in [1.54, 1.807) is 6.33 Å². The van der Waals surface area contributed by atoms with E-state index < -0.39 is 0 Å². The van der Waals surface area contributed by atoms with Crippen molar-refractivity contribution in [2.45, 2.75) is 20.4 Å². The van der Waals surface area contributed by atoms with Crippen LogP contribution >= 0.6 is 0 Å². The number of nitrogens with zero attached hydrogens (tertiary/aromatic N) is 3. The number of nitrogens with two attached hydrogens (primary N) is 1. The van der Waals surface area contributed by atoms with Crippen LogP contribution in [0.3, 0.4) is 0 Å². The van der Waals surface area contributed by atoms with Crippen LogP contribution in [0.4, 0.5) is 23.0 Å². The molecule has 0 atom stereocenters. The molecule has 0 fully saturated rings. The summed E-state index contributed by atoms with van der Waals surface area (Å²) < 4.78 is 0. The van der Waals surface area contributed by atoms with E-state index in [2.05, 4.69) is 59.5 Å². The van der Waals surface area contributed by atoms with E-state index in [0.29, 0.717) is 17.3 Å². The molecule has 0 aliphatic rings. The van der Waals surface area contributed by atoms with Crippen LogP contribution in [0.15, 0.2) is 54.9 Å². The molecule has 0 radical (unpaired) electrons. The van der Waals surface area contributed by atoms with E-state index >= 15 is 0 Å². The average molecular weight is 333 g/mol. The van der Waals surface area contributed by atoms with Gasteiger partial charge in [-0.05, 0) is 36.6 Å². The smallest absolute Gasteiger partial charge is 0.159 e. The number of nitrogen functional groups attached to an aromatic ring is 1. The molecule has 0 amide bonds. The van der Waals surface area contributed by atoms with Crippen LogP contribution in [0.2, 0.25) is 0 Å². The quantitative estimate of drug-likeness (QED) is 0.737. The van der Waals surface area contributed by atoms with Crippen LogP contribution in [-0.2, 0) is 6.54 Å². The summed E-state index contributed by atoms with van der Waals surface area (Å²) in [6.07, 6.45) is 1.54. The van der Waals surface area contributed by atoms with Gasteiger partial charge in [-0.15, -0.1) is 0 Å². The second-order valence-corrected chi connectivity index (χ2v) is 6.24. The zero-order chi connectivity index (χ0) is 17.8. The van der Waals surface area contributed by atoms with Gasteiger partial charge in [0.1, 0.15) is 12.0 Å². The van der Waals surface area contributed by atoms with Crippen molar-refractivity contribution in [2.75, 3.05) is 23.0 Å². The van der Waals surface area contributed by atoms with E-state index in [-0.39, 0.29) is 0 Å². The molecule has 0 saturated carbocycles. The molecule has 5 nitrogen and oxygen atoms in total. The minimum Gasteiger partial charge on any atom is -0.393 e. The molecule has 0 aliphatic carbocycles. The fraction of sp³-hybridized carbons (Fsp3) is 0.200. The number of nitrogens with one attached hydrogen (secondary N) is 1. The predicted octanol–water partition coefficient (Wildman–Crippen LogP) is 4.06. The molecule has 3 aromatic rings. The Hall–Kier alpha value is -3.08. The minimum atomic E-state index is 0.543. The Morgan fingerprint density at radius 2 is 1.80 bits per heavy atom. The minimum absolute atomic E-state index is 0.543. The number of anilines is 4. The van der Waals surface area contributed by atoms with Gasteiger partial charge in [0, 0.05) is 19.3 Å². The van der Waals surface area contributed by atoms with Gasteiger partial charge < -0.3 is 16.0 Å². The molecule has 2 aromatic carbocycles. The lowest BCUT2D eigenvalue weighted by Crippen LogP contribution is -2.20. The van der Waals surface area contributed by atoms with Crippen molar-refractivity contribution in [1.82, 2.24) is 9.97 Å². The van der Waals surface area contributed by atoms with E-state index in [0.717, 1.165) is 17.8 Å². The zero-order valence-corrected chi connectivity index (χ0v) is 14.8. The lowest BCUT2D eigenvalue weighted by atomic mass is 10.1. The van der Waals surface area contributed by atoms with Crippen LogP contribution in [0.25, 0.3) is 0 Å². The molecule has 25 heavy (non-hydrogen) atoms. The summed E-state index contributed by atoms with van der Waals surface area (Å²) in [6, 6.07) is 16.5. The van der Waals surface area contributed by atoms with Crippen molar-refractivity contribution >= 4 is 23.0 Å². The van der Waals surface area contributed by atoms with Gasteiger partial charge in [-0.25, -0.2) is 9.97 Å². The van der Waals surface area contributed by atoms with Crippen LogP contribution in [-0.4, -0.2) is 17.0 Å². The first-order chi connectivity index (χ1) is 12.0. The van der Waals surface area contributed by atoms with Gasteiger partial charge in [0.05, 0.1) is 0 Å². The number of aryl methyl sites for hydroxylation is 2. The first-order valence-electron chi connectivity index (χ1n) is 8.24. The van der Waals surface area contributed by atoms with E-state index in [1.165, 1.54) is 11.1 Å². The predicted molar refractivity (Wildman–Crippen MR) is 104 cm³/mol. The topological polar surface area (TPSA) is 67.1 Å². The second kappa shape index (κ2) is 7.21. The Bertz CT molecular complexity index is 861. The van der Waals surface area contributed by atoms with E-state index in [4.69, 9.17) is 5.73 Å². The molecule has 128 valence electrons. The summed E-state index contributed by atoms with van der Waals surface area (Å²) in [6.45, 7) is 4.85. The SMILES string of the molecule is Cc1ccc(C)c(Nc2ncnc(N(C)Cc3ccccc3)c2N)c1. The first-order valence-corrected chi connectivity index (χ1v) is 8.24. The fourth-order valence-corrected chi connectivity index (χ4v) is 2.72. The number of hydrogen-bond acceptors (Lipinski definition) is 5. The van der Waals surface area contributed by atoms with Gasteiger partial charge in [0.25, 0.3) is 0 Å². The second-order valence-electron chi connectivity index (χ2n) is 6.24. The summed E-state index contributed by atoms with van der Waals surface area (Å²) in [5.74, 6) is 1.34. The molecule has 0 aliphatic heterocycles. The fourth-order valence-electron chi connectivity index (χ4n) is 2.72. The number of benzene rings is 2. The number of aromatic nitrogens is 2. The maximum Gasteiger partial charge on any atom is 0.159 e. The highest BCUT2D eigenvalue weighted by molar-refractivity contribution is 5.78. The van der Waals surface area contributed by atoms with Gasteiger partial charge in [-0.1, -0.05) is 42.5 Å². The first kappa shape index (κ1) is 16.8. The third kappa shape index (κ3) is 3.88. The van der Waals surface area contributed by atoms with Crippen molar-refractivity contribution in [3.63, 3.8) is 0 Å². The van der Waals surface area contributed by atoms with Crippen LogP contribution in [0.5, 0.6) is 0 Å². The third-order valence-electron chi connectivity index (χ3n) is 4.13. The normalized spacial score (nSPS) is 10.5. The lowest BCUT2D eigenvalue weighted by Gasteiger charge is -2.21. The van der Waals surface area contributed by atoms with Crippen molar-refractivity contribution in [3.8, 4) is 0 Å². The summed E-state index contributed by atoms with van der Waals surface area (Å²) in [5.41, 5.74) is 11.4. The Labute approximate surface area is 148 Å². The van der Waals surface area contributed by atoms with E-state index in [1.807, 2.05) is 30.1 Å². The summed E-state index contributed by atoms with van der Waals surface area (Å²) in [5, 5.41) is 3.34. The van der Waals surface area contributed by atoms with Crippen LogP contribution in [0, 0.1) is 13.8 Å². The van der Waals surface area contributed by atoms with Crippen molar-refractivity contribution < 1.29 is 0 Å². The molecule has 0 bridgehead atoms. The van der Waals surface area contributed by atoms with Gasteiger partial charge in [0.15, 0.2) is 11.6 Å². The van der Waals surface area contributed by atoms with Crippen molar-refractivity contribution in [2.24, 2.45) is 0 Å². The van der Waals surface area contributed by atoms with Crippen molar-refractivity contribution in [3.05, 3.63) is 71.5 Å². The lowest BCUT2D eigenvalue weighted by molar-refractivity contribution is 0.894. The molecular formula is C20H23N5. The molecule has 3 N–H and O–H groups in total. The Balaban J connectivity index is 1.85. The Morgan fingerprint density at radius 1 is 1.04 bits per heavy atom. The maximum atomic E-state index is 6.34. The molecular weight excluding hydrogens is 310 g/mol. The van der Waals surface area contributed by atoms with Gasteiger partial charge in [0.2, 0.25) is 0 Å². The largest absolute Gasteiger partial charge is 0.393 e. The molecule has 0 spiro atoms. The summed E-state index contributed by atoms with van der Waals surface area (Å²) >= 11 is 0. The summed E-state index contributed by atoms with van der Waals surface area (Å²) in [7, 11) is 1.98. The molecule has 3 rings (SSSR count). The highest BCUT2D eigenvalue weighted by atomic mass is 15.2. The van der Waals surface area contributed by atoms with Crippen molar-refractivity contribution in [1.29, 1.82) is 0 Å². The molecule has 1 heterocycles. The number of hydrogen-bond donors (Lipinski definition) is 2. The van der Waals surface area contributed by atoms with Gasteiger partial charge in [-0.2, -0.15) is 0 Å². The molecule has 5 heteroatoms. The highest BCUT2D eigenvalue weighted by Crippen LogP contribution is 2.30. The Kier molecular flexibility index (Phi) is 4.84. The molecule has 1 aromatic heterocycles. The van der Waals surface area contributed by atoms with Gasteiger partial charge >= 0.3 is 0 Å².